The number of oxazole rings is 1. The van der Waals surface area contributed by atoms with Gasteiger partial charge in [-0.25, -0.2) is 14.8 Å². The molecular formula is C19H19BrN4O4. The van der Waals surface area contributed by atoms with Crippen LogP contribution >= 0.6 is 15.9 Å². The molecule has 8 nitrogen and oxygen atoms in total. The van der Waals surface area contributed by atoms with Crippen molar-refractivity contribution in [1.82, 2.24) is 19.4 Å². The number of carbonyl (C=O) groups is 1. The highest BCUT2D eigenvalue weighted by Gasteiger charge is 2.25. The summed E-state index contributed by atoms with van der Waals surface area (Å²) in [6.45, 7) is 1.67. The van der Waals surface area contributed by atoms with E-state index in [2.05, 4.69) is 25.9 Å². The molecule has 1 unspecified atom stereocenters. The van der Waals surface area contributed by atoms with Crippen molar-refractivity contribution in [3.8, 4) is 6.01 Å². The second-order valence-corrected chi connectivity index (χ2v) is 7.68. The molecule has 0 aliphatic carbocycles. The predicted octanol–water partition coefficient (Wildman–Crippen LogP) is 2.46. The maximum atomic E-state index is 12.8. The monoisotopic (exact) mass is 446 g/mol. The number of para-hydroxylation sites is 2. The van der Waals surface area contributed by atoms with Crippen molar-refractivity contribution in [2.75, 3.05) is 19.7 Å². The summed E-state index contributed by atoms with van der Waals surface area (Å²) in [5, 5.41) is 0. The van der Waals surface area contributed by atoms with Crippen LogP contribution in [0.2, 0.25) is 0 Å². The number of benzene rings is 1. The lowest BCUT2D eigenvalue weighted by atomic mass is 9.99. The molecule has 1 saturated heterocycles. The molecule has 1 aliphatic heterocycles. The van der Waals surface area contributed by atoms with E-state index in [4.69, 9.17) is 9.15 Å². The topological polar surface area (TPSA) is 90.5 Å². The van der Waals surface area contributed by atoms with Gasteiger partial charge < -0.3 is 14.1 Å². The Hall–Kier alpha value is -2.68. The number of ether oxygens (including phenoxy) is 1. The van der Waals surface area contributed by atoms with Crippen molar-refractivity contribution in [2.45, 2.75) is 19.4 Å². The molecule has 0 spiro atoms. The Morgan fingerprint density at radius 1 is 1.29 bits per heavy atom. The Labute approximate surface area is 169 Å². The number of amides is 1. The minimum Gasteiger partial charge on any atom is -0.463 e. The maximum Gasteiger partial charge on any atom is 0.420 e. The number of aromatic nitrogens is 3. The van der Waals surface area contributed by atoms with Crippen LogP contribution < -0.4 is 10.5 Å². The molecule has 4 rings (SSSR count). The normalized spacial score (nSPS) is 17.0. The van der Waals surface area contributed by atoms with Crippen molar-refractivity contribution < 1.29 is 13.9 Å². The van der Waals surface area contributed by atoms with Gasteiger partial charge >= 0.3 is 11.8 Å². The highest BCUT2D eigenvalue weighted by atomic mass is 79.9. The molecule has 146 valence electrons. The van der Waals surface area contributed by atoms with Crippen LogP contribution in [-0.4, -0.2) is 45.0 Å². The summed E-state index contributed by atoms with van der Waals surface area (Å²) < 4.78 is 13.0. The van der Waals surface area contributed by atoms with E-state index in [0.29, 0.717) is 36.8 Å². The molecular weight excluding hydrogens is 428 g/mol. The van der Waals surface area contributed by atoms with Crippen molar-refractivity contribution in [3.63, 3.8) is 0 Å². The van der Waals surface area contributed by atoms with Gasteiger partial charge in [-0.05, 0) is 40.9 Å². The van der Waals surface area contributed by atoms with Crippen LogP contribution in [0.3, 0.4) is 0 Å². The van der Waals surface area contributed by atoms with Gasteiger partial charge in [0.05, 0.1) is 16.6 Å². The quantitative estimate of drug-likeness (QED) is 0.597. The summed E-state index contributed by atoms with van der Waals surface area (Å²) in [7, 11) is 0. The number of rotatable bonds is 5. The smallest absolute Gasteiger partial charge is 0.420 e. The molecule has 1 fully saturated rings. The summed E-state index contributed by atoms with van der Waals surface area (Å²) in [6.07, 6.45) is 5.12. The molecule has 9 heteroatoms. The Morgan fingerprint density at radius 3 is 2.89 bits per heavy atom. The molecule has 1 atom stereocenters. The molecule has 1 amide bonds. The molecule has 2 aromatic heterocycles. The van der Waals surface area contributed by atoms with E-state index >= 15 is 0 Å². The third kappa shape index (κ3) is 4.09. The number of likely N-dealkylation sites (tertiary alicyclic amines) is 1. The molecule has 0 radical (unpaired) electrons. The average Bonchev–Trinajstić information content (AvgIpc) is 3.03. The molecule has 0 saturated carbocycles. The van der Waals surface area contributed by atoms with Gasteiger partial charge in [-0.1, -0.05) is 12.1 Å². The van der Waals surface area contributed by atoms with Crippen molar-refractivity contribution in [1.29, 1.82) is 0 Å². The lowest BCUT2D eigenvalue weighted by Crippen LogP contribution is -2.43. The Morgan fingerprint density at radius 2 is 2.07 bits per heavy atom. The first-order chi connectivity index (χ1) is 13.6. The van der Waals surface area contributed by atoms with E-state index in [1.54, 1.807) is 35.5 Å². The van der Waals surface area contributed by atoms with E-state index in [1.807, 2.05) is 6.07 Å². The predicted molar refractivity (Wildman–Crippen MR) is 105 cm³/mol. The van der Waals surface area contributed by atoms with Gasteiger partial charge in [0.2, 0.25) is 5.91 Å². The van der Waals surface area contributed by atoms with Crippen molar-refractivity contribution >= 4 is 32.9 Å². The summed E-state index contributed by atoms with van der Waals surface area (Å²) in [4.78, 5) is 34.8. The molecule has 1 aliphatic rings. The zero-order valence-electron chi connectivity index (χ0n) is 15.1. The first kappa shape index (κ1) is 18.7. The standard InChI is InChI=1S/C19H19BrN4O4/c20-14-8-21-18(22-9-14)27-12-13-4-3-7-23(10-13)17(25)11-24-15-5-1-2-6-16(15)28-19(24)26/h1-2,5-6,8-9,13H,3-4,7,10-12H2. The number of nitrogens with zero attached hydrogens (tertiary/aromatic N) is 4. The van der Waals surface area contributed by atoms with Crippen molar-refractivity contribution in [2.24, 2.45) is 5.92 Å². The highest BCUT2D eigenvalue weighted by Crippen LogP contribution is 2.19. The number of halogens is 1. The lowest BCUT2D eigenvalue weighted by Gasteiger charge is -2.32. The Balaban J connectivity index is 1.38. The summed E-state index contributed by atoms with van der Waals surface area (Å²) in [6, 6.07) is 7.43. The van der Waals surface area contributed by atoms with Crippen LogP contribution in [0, 0.1) is 5.92 Å². The van der Waals surface area contributed by atoms with Gasteiger partial charge in [0.15, 0.2) is 5.58 Å². The fourth-order valence-corrected chi connectivity index (χ4v) is 3.60. The third-order valence-electron chi connectivity index (χ3n) is 4.78. The van der Waals surface area contributed by atoms with Gasteiger partial charge in [0.25, 0.3) is 0 Å². The molecule has 28 heavy (non-hydrogen) atoms. The van der Waals surface area contributed by atoms with Gasteiger partial charge in [-0.15, -0.1) is 0 Å². The Bertz CT molecular complexity index is 1030. The molecule has 0 N–H and O–H groups in total. The maximum absolute atomic E-state index is 12.8. The molecule has 3 heterocycles. The number of carbonyl (C=O) groups excluding carboxylic acids is 1. The third-order valence-corrected chi connectivity index (χ3v) is 5.19. The van der Waals surface area contributed by atoms with Crippen LogP contribution in [0.1, 0.15) is 12.8 Å². The molecule has 3 aromatic rings. The van der Waals surface area contributed by atoms with E-state index < -0.39 is 5.76 Å². The number of fused-ring (bicyclic) bond motifs is 1. The minimum absolute atomic E-state index is 0.0285. The average molecular weight is 447 g/mol. The summed E-state index contributed by atoms with van der Waals surface area (Å²) >= 11 is 3.29. The second-order valence-electron chi connectivity index (χ2n) is 6.76. The number of piperidine rings is 1. The summed E-state index contributed by atoms with van der Waals surface area (Å²) in [5.74, 6) is -0.417. The van der Waals surface area contributed by atoms with Gasteiger partial charge in [-0.2, -0.15) is 0 Å². The fourth-order valence-electron chi connectivity index (χ4n) is 3.39. The van der Waals surface area contributed by atoms with Gasteiger partial charge in [-0.3, -0.25) is 9.36 Å². The van der Waals surface area contributed by atoms with E-state index in [1.165, 1.54) is 4.57 Å². The van der Waals surface area contributed by atoms with Crippen LogP contribution in [0.5, 0.6) is 6.01 Å². The highest BCUT2D eigenvalue weighted by molar-refractivity contribution is 9.10. The number of hydrogen-bond acceptors (Lipinski definition) is 6. The SMILES string of the molecule is O=C(Cn1c(=O)oc2ccccc21)N1CCCC(COc2ncc(Br)cn2)C1. The second kappa shape index (κ2) is 8.14. The zero-order chi connectivity index (χ0) is 19.5. The van der Waals surface area contributed by atoms with E-state index in [0.717, 1.165) is 17.3 Å². The molecule has 0 bridgehead atoms. The first-order valence-electron chi connectivity index (χ1n) is 9.06. The van der Waals surface area contributed by atoms with Gasteiger partial charge in [0, 0.05) is 31.4 Å². The Kier molecular flexibility index (Phi) is 5.43. The zero-order valence-corrected chi connectivity index (χ0v) is 16.7. The van der Waals surface area contributed by atoms with E-state index in [9.17, 15) is 9.59 Å². The molecule has 1 aromatic carbocycles. The van der Waals surface area contributed by atoms with E-state index in [-0.39, 0.29) is 18.4 Å². The van der Waals surface area contributed by atoms with Crippen molar-refractivity contribution in [3.05, 3.63) is 51.7 Å². The van der Waals surface area contributed by atoms with Crippen LogP contribution in [0.25, 0.3) is 11.1 Å². The minimum atomic E-state index is -0.515. The largest absolute Gasteiger partial charge is 0.463 e. The van der Waals surface area contributed by atoms with Gasteiger partial charge in [0.1, 0.15) is 6.54 Å². The number of hydrogen-bond donors (Lipinski definition) is 0. The van der Waals surface area contributed by atoms with Crippen LogP contribution in [-0.2, 0) is 11.3 Å². The first-order valence-corrected chi connectivity index (χ1v) is 9.86. The van der Waals surface area contributed by atoms with Crippen LogP contribution in [0.15, 0.2) is 50.3 Å². The fraction of sp³-hybridized carbons (Fsp3) is 0.368. The van der Waals surface area contributed by atoms with Crippen LogP contribution in [0.4, 0.5) is 0 Å². The summed E-state index contributed by atoms with van der Waals surface area (Å²) in [5.41, 5.74) is 1.12. The lowest BCUT2D eigenvalue weighted by molar-refractivity contribution is -0.133.